The predicted molar refractivity (Wildman–Crippen MR) is 87.5 cm³/mol. The van der Waals surface area contributed by atoms with Gasteiger partial charge in [0.2, 0.25) is 0 Å². The Kier molecular flexibility index (Phi) is 5.40. The molecule has 0 aromatic heterocycles. The summed E-state index contributed by atoms with van der Waals surface area (Å²) in [6.45, 7) is 7.07. The van der Waals surface area contributed by atoms with Crippen molar-refractivity contribution in [2.45, 2.75) is 65.0 Å². The summed E-state index contributed by atoms with van der Waals surface area (Å²) >= 11 is 0. The lowest BCUT2D eigenvalue weighted by molar-refractivity contribution is 0.0626. The molecule has 0 unspecified atom stereocenters. The van der Waals surface area contributed by atoms with Crippen LogP contribution in [0.5, 0.6) is 0 Å². The molecule has 0 aliphatic heterocycles. The average Bonchev–Trinajstić information content (AvgIpc) is 2.44. The van der Waals surface area contributed by atoms with Crippen LogP contribution in [0, 0.1) is 13.8 Å². The fourth-order valence-corrected chi connectivity index (χ4v) is 3.37. The summed E-state index contributed by atoms with van der Waals surface area (Å²) in [5.74, 6) is 0.184. The van der Waals surface area contributed by atoms with Crippen molar-refractivity contribution in [1.29, 1.82) is 0 Å². The van der Waals surface area contributed by atoms with Gasteiger partial charge in [0, 0.05) is 24.2 Å². The maximum atomic E-state index is 12.9. The zero-order chi connectivity index (χ0) is 15.4. The van der Waals surface area contributed by atoms with Gasteiger partial charge in [-0.05, 0) is 58.1 Å². The van der Waals surface area contributed by atoms with Crippen LogP contribution in [-0.4, -0.2) is 29.4 Å². The molecule has 116 valence electrons. The molecule has 1 aliphatic carbocycles. The van der Waals surface area contributed by atoms with Gasteiger partial charge in [-0.15, -0.1) is 0 Å². The largest absolute Gasteiger partial charge is 0.336 e. The minimum atomic E-state index is 0.184. The maximum Gasteiger partial charge on any atom is 0.254 e. The van der Waals surface area contributed by atoms with Crippen molar-refractivity contribution in [1.82, 2.24) is 4.90 Å². The fourth-order valence-electron chi connectivity index (χ4n) is 3.37. The highest BCUT2D eigenvalue weighted by atomic mass is 16.2. The molecule has 0 saturated heterocycles. The van der Waals surface area contributed by atoms with Gasteiger partial charge in [0.15, 0.2) is 0 Å². The van der Waals surface area contributed by atoms with Crippen molar-refractivity contribution in [2.24, 2.45) is 5.73 Å². The summed E-state index contributed by atoms with van der Waals surface area (Å²) in [4.78, 5) is 15.0. The van der Waals surface area contributed by atoms with Gasteiger partial charge in [-0.3, -0.25) is 4.79 Å². The summed E-state index contributed by atoms with van der Waals surface area (Å²) < 4.78 is 0. The van der Waals surface area contributed by atoms with Crippen LogP contribution in [0.15, 0.2) is 18.2 Å². The highest BCUT2D eigenvalue weighted by Gasteiger charge is 2.27. The first-order valence-electron chi connectivity index (χ1n) is 8.16. The number of nitrogens with two attached hydrogens (primary N) is 1. The van der Waals surface area contributed by atoms with Crippen LogP contribution >= 0.6 is 0 Å². The van der Waals surface area contributed by atoms with E-state index in [4.69, 9.17) is 5.73 Å². The van der Waals surface area contributed by atoms with Gasteiger partial charge in [0.1, 0.15) is 0 Å². The lowest BCUT2D eigenvalue weighted by Gasteiger charge is -2.36. The molecule has 1 aliphatic rings. The first-order chi connectivity index (χ1) is 10.0. The van der Waals surface area contributed by atoms with E-state index in [9.17, 15) is 4.79 Å². The van der Waals surface area contributed by atoms with Crippen molar-refractivity contribution >= 4 is 5.91 Å². The van der Waals surface area contributed by atoms with Crippen molar-refractivity contribution in [2.75, 3.05) is 6.54 Å². The van der Waals surface area contributed by atoms with Crippen LogP contribution in [0.3, 0.4) is 0 Å². The number of nitrogens with zero attached hydrogens (tertiary/aromatic N) is 1. The summed E-state index contributed by atoms with van der Waals surface area (Å²) in [6, 6.07) is 6.80. The second-order valence-electron chi connectivity index (χ2n) is 6.44. The summed E-state index contributed by atoms with van der Waals surface area (Å²) in [5, 5.41) is 0. The molecular weight excluding hydrogens is 260 g/mol. The number of hydrogen-bond acceptors (Lipinski definition) is 2. The number of amides is 1. The SMILES string of the molecule is CCCN(C(=O)c1cc(C)cc(C)c1)C1CCC(N)CC1. The minimum Gasteiger partial charge on any atom is -0.336 e. The monoisotopic (exact) mass is 288 g/mol. The van der Waals surface area contributed by atoms with E-state index in [-0.39, 0.29) is 5.91 Å². The lowest BCUT2D eigenvalue weighted by atomic mass is 9.90. The Morgan fingerprint density at radius 1 is 1.14 bits per heavy atom. The Hall–Kier alpha value is -1.35. The number of hydrogen-bond donors (Lipinski definition) is 1. The van der Waals surface area contributed by atoms with Gasteiger partial charge >= 0.3 is 0 Å². The molecule has 1 aromatic carbocycles. The van der Waals surface area contributed by atoms with E-state index in [2.05, 4.69) is 17.9 Å². The van der Waals surface area contributed by atoms with Gasteiger partial charge < -0.3 is 10.6 Å². The fraction of sp³-hybridized carbons (Fsp3) is 0.611. The van der Waals surface area contributed by atoms with Gasteiger partial charge in [-0.1, -0.05) is 24.1 Å². The first kappa shape index (κ1) is 16.0. The zero-order valence-corrected chi connectivity index (χ0v) is 13.6. The second kappa shape index (κ2) is 7.08. The Labute approximate surface area is 128 Å². The number of carbonyl (C=O) groups excluding carboxylic acids is 1. The van der Waals surface area contributed by atoms with Crippen LogP contribution in [0.25, 0.3) is 0 Å². The van der Waals surface area contributed by atoms with E-state index >= 15 is 0 Å². The normalized spacial score (nSPS) is 22.1. The van der Waals surface area contributed by atoms with Crippen LogP contribution in [0.2, 0.25) is 0 Å². The smallest absolute Gasteiger partial charge is 0.254 e. The molecule has 0 bridgehead atoms. The number of carbonyl (C=O) groups is 1. The first-order valence-corrected chi connectivity index (χ1v) is 8.16. The third-order valence-corrected chi connectivity index (χ3v) is 4.38. The van der Waals surface area contributed by atoms with Crippen molar-refractivity contribution in [3.8, 4) is 0 Å². The Morgan fingerprint density at radius 2 is 1.71 bits per heavy atom. The molecule has 3 nitrogen and oxygen atoms in total. The average molecular weight is 288 g/mol. The molecule has 3 heteroatoms. The molecule has 1 saturated carbocycles. The molecular formula is C18H28N2O. The molecule has 0 atom stereocenters. The van der Waals surface area contributed by atoms with E-state index in [1.165, 1.54) is 0 Å². The van der Waals surface area contributed by atoms with Gasteiger partial charge in [0.05, 0.1) is 0 Å². The van der Waals surface area contributed by atoms with E-state index < -0.39 is 0 Å². The standard InChI is InChI=1S/C18H28N2O/c1-4-9-20(17-7-5-16(19)6-8-17)18(21)15-11-13(2)10-14(3)12-15/h10-12,16-17H,4-9,19H2,1-3H3. The maximum absolute atomic E-state index is 12.9. The van der Waals surface area contributed by atoms with Crippen LogP contribution in [0.1, 0.15) is 60.5 Å². The number of rotatable bonds is 4. The van der Waals surface area contributed by atoms with Crippen LogP contribution < -0.4 is 5.73 Å². The zero-order valence-electron chi connectivity index (χ0n) is 13.6. The van der Waals surface area contributed by atoms with Crippen LogP contribution in [0.4, 0.5) is 0 Å². The Morgan fingerprint density at radius 3 is 2.24 bits per heavy atom. The van der Waals surface area contributed by atoms with Gasteiger partial charge in [0.25, 0.3) is 5.91 Å². The molecule has 1 aromatic rings. The number of benzene rings is 1. The van der Waals surface area contributed by atoms with E-state index in [1.54, 1.807) is 0 Å². The Balaban J connectivity index is 2.18. The second-order valence-corrected chi connectivity index (χ2v) is 6.44. The lowest BCUT2D eigenvalue weighted by Crippen LogP contribution is -2.44. The third kappa shape index (κ3) is 4.07. The quantitative estimate of drug-likeness (QED) is 0.922. The third-order valence-electron chi connectivity index (χ3n) is 4.38. The Bertz CT molecular complexity index is 470. The van der Waals surface area contributed by atoms with Crippen LogP contribution in [-0.2, 0) is 0 Å². The highest BCUT2D eigenvalue weighted by Crippen LogP contribution is 2.24. The summed E-state index contributed by atoms with van der Waals surface area (Å²) in [7, 11) is 0. The van der Waals surface area contributed by atoms with Crippen molar-refractivity contribution < 1.29 is 4.79 Å². The molecule has 2 N–H and O–H groups in total. The van der Waals surface area contributed by atoms with Gasteiger partial charge in [-0.2, -0.15) is 0 Å². The molecule has 21 heavy (non-hydrogen) atoms. The van der Waals surface area contributed by atoms with Crippen molar-refractivity contribution in [3.05, 3.63) is 34.9 Å². The highest BCUT2D eigenvalue weighted by molar-refractivity contribution is 5.94. The van der Waals surface area contributed by atoms with Crippen molar-refractivity contribution in [3.63, 3.8) is 0 Å². The molecule has 0 heterocycles. The van der Waals surface area contributed by atoms with E-state index in [0.29, 0.717) is 12.1 Å². The van der Waals surface area contributed by atoms with E-state index in [1.807, 2.05) is 26.0 Å². The molecule has 1 amide bonds. The predicted octanol–water partition coefficient (Wildman–Crippen LogP) is 3.43. The molecule has 2 rings (SSSR count). The molecule has 0 radical (unpaired) electrons. The topological polar surface area (TPSA) is 46.3 Å². The molecule has 0 spiro atoms. The minimum absolute atomic E-state index is 0.184. The molecule has 1 fully saturated rings. The number of aryl methyl sites for hydroxylation is 2. The summed E-state index contributed by atoms with van der Waals surface area (Å²) in [6.07, 6.45) is 5.14. The van der Waals surface area contributed by atoms with Gasteiger partial charge in [-0.25, -0.2) is 0 Å². The summed E-state index contributed by atoms with van der Waals surface area (Å²) in [5.41, 5.74) is 9.13. The van der Waals surface area contributed by atoms with E-state index in [0.717, 1.165) is 55.3 Å².